The van der Waals surface area contributed by atoms with Gasteiger partial charge in [0, 0.05) is 19.0 Å². The molecule has 1 aliphatic heterocycles. The summed E-state index contributed by atoms with van der Waals surface area (Å²) in [4.78, 5) is 30.4. The van der Waals surface area contributed by atoms with Crippen LogP contribution in [0, 0.1) is 11.8 Å². The fourth-order valence-electron chi connectivity index (χ4n) is 2.60. The first-order chi connectivity index (χ1) is 10.5. The van der Waals surface area contributed by atoms with Gasteiger partial charge in [0.05, 0.1) is 17.8 Å². The number of carbonyl (C=O) groups excluding carboxylic acids is 2. The quantitative estimate of drug-likeness (QED) is 0.880. The van der Waals surface area contributed by atoms with E-state index < -0.39 is 0 Å². The standard InChI is InChI=1S/C16H24N4O2.ClH/c1-3-11(2)16(22)20-8-4-5-12(10-20)15(21)19-13-6-7-14(17)18-9-13;/h6-7,9,11-12H,3-5,8,10H2,1-2H3,(H2,17,18)(H,19,21);1H. The van der Waals surface area contributed by atoms with Gasteiger partial charge in [0.15, 0.2) is 0 Å². The fraction of sp³-hybridized carbons (Fsp3) is 0.562. The second-order valence-corrected chi connectivity index (χ2v) is 5.89. The number of nitrogens with zero attached hydrogens (tertiary/aromatic N) is 2. The number of carbonyl (C=O) groups is 2. The maximum Gasteiger partial charge on any atom is 0.229 e. The van der Waals surface area contributed by atoms with Crippen LogP contribution in [0.5, 0.6) is 0 Å². The van der Waals surface area contributed by atoms with Crippen LogP contribution in [0.4, 0.5) is 11.5 Å². The summed E-state index contributed by atoms with van der Waals surface area (Å²) in [7, 11) is 0. The highest BCUT2D eigenvalue weighted by molar-refractivity contribution is 5.93. The van der Waals surface area contributed by atoms with Gasteiger partial charge < -0.3 is 16.0 Å². The van der Waals surface area contributed by atoms with Crippen LogP contribution in [0.25, 0.3) is 0 Å². The topological polar surface area (TPSA) is 88.3 Å². The molecule has 0 aliphatic carbocycles. The molecule has 1 aromatic heterocycles. The predicted octanol–water partition coefficient (Wildman–Crippen LogP) is 2.31. The minimum Gasteiger partial charge on any atom is -0.384 e. The fourth-order valence-corrected chi connectivity index (χ4v) is 2.60. The normalized spacial score (nSPS) is 18.7. The summed E-state index contributed by atoms with van der Waals surface area (Å²) in [6, 6.07) is 3.38. The molecule has 2 atom stereocenters. The van der Waals surface area contributed by atoms with Crippen molar-refractivity contribution >= 4 is 35.7 Å². The van der Waals surface area contributed by atoms with Crippen LogP contribution in [-0.2, 0) is 9.59 Å². The number of aromatic nitrogens is 1. The summed E-state index contributed by atoms with van der Waals surface area (Å²) in [5, 5.41) is 2.85. The Bertz CT molecular complexity index is 535. The van der Waals surface area contributed by atoms with E-state index in [4.69, 9.17) is 5.73 Å². The molecule has 1 aromatic rings. The van der Waals surface area contributed by atoms with Gasteiger partial charge in [0.1, 0.15) is 5.82 Å². The van der Waals surface area contributed by atoms with Crippen molar-refractivity contribution in [2.75, 3.05) is 24.1 Å². The van der Waals surface area contributed by atoms with Crippen molar-refractivity contribution in [3.63, 3.8) is 0 Å². The van der Waals surface area contributed by atoms with E-state index >= 15 is 0 Å². The van der Waals surface area contributed by atoms with Gasteiger partial charge in [-0.05, 0) is 31.4 Å². The molecule has 0 aromatic carbocycles. The monoisotopic (exact) mass is 340 g/mol. The Morgan fingerprint density at radius 2 is 2.22 bits per heavy atom. The maximum absolute atomic E-state index is 12.4. The molecule has 2 rings (SSSR count). The molecule has 0 radical (unpaired) electrons. The number of nitrogens with two attached hydrogens (primary N) is 1. The lowest BCUT2D eigenvalue weighted by Gasteiger charge is -2.33. The maximum atomic E-state index is 12.4. The van der Waals surface area contributed by atoms with E-state index in [1.807, 2.05) is 18.7 Å². The largest absolute Gasteiger partial charge is 0.384 e. The smallest absolute Gasteiger partial charge is 0.229 e. The summed E-state index contributed by atoms with van der Waals surface area (Å²) < 4.78 is 0. The number of amides is 2. The van der Waals surface area contributed by atoms with Gasteiger partial charge in [0.2, 0.25) is 11.8 Å². The van der Waals surface area contributed by atoms with Crippen LogP contribution in [-0.4, -0.2) is 34.8 Å². The Morgan fingerprint density at radius 1 is 1.48 bits per heavy atom. The molecule has 3 N–H and O–H groups in total. The Balaban J connectivity index is 0.00000264. The number of hydrogen-bond acceptors (Lipinski definition) is 4. The van der Waals surface area contributed by atoms with Gasteiger partial charge in [-0.2, -0.15) is 0 Å². The van der Waals surface area contributed by atoms with Crippen LogP contribution >= 0.6 is 12.4 Å². The van der Waals surface area contributed by atoms with E-state index in [-0.39, 0.29) is 36.1 Å². The van der Waals surface area contributed by atoms with Crippen molar-refractivity contribution in [1.82, 2.24) is 9.88 Å². The zero-order valence-electron chi connectivity index (χ0n) is 13.6. The Morgan fingerprint density at radius 3 is 2.83 bits per heavy atom. The van der Waals surface area contributed by atoms with E-state index in [9.17, 15) is 9.59 Å². The molecule has 0 saturated carbocycles. The van der Waals surface area contributed by atoms with Crippen LogP contribution in [0.3, 0.4) is 0 Å². The Labute approximate surface area is 143 Å². The lowest BCUT2D eigenvalue weighted by atomic mass is 9.95. The van der Waals surface area contributed by atoms with Crippen LogP contribution in [0.2, 0.25) is 0 Å². The van der Waals surface area contributed by atoms with Crippen molar-refractivity contribution < 1.29 is 9.59 Å². The van der Waals surface area contributed by atoms with Gasteiger partial charge >= 0.3 is 0 Å². The summed E-state index contributed by atoms with van der Waals surface area (Å²) in [5.41, 5.74) is 6.15. The zero-order chi connectivity index (χ0) is 16.1. The van der Waals surface area contributed by atoms with Crippen molar-refractivity contribution in [2.45, 2.75) is 33.1 Å². The summed E-state index contributed by atoms with van der Waals surface area (Å²) in [6.45, 7) is 5.19. The Hall–Kier alpha value is -1.82. The van der Waals surface area contributed by atoms with E-state index in [2.05, 4.69) is 10.3 Å². The van der Waals surface area contributed by atoms with Gasteiger partial charge in [-0.15, -0.1) is 12.4 Å². The first kappa shape index (κ1) is 19.2. The average Bonchev–Trinajstić information content (AvgIpc) is 2.55. The number of likely N-dealkylation sites (tertiary alicyclic amines) is 1. The zero-order valence-corrected chi connectivity index (χ0v) is 14.4. The number of pyridine rings is 1. The third-order valence-corrected chi connectivity index (χ3v) is 4.19. The first-order valence-electron chi connectivity index (χ1n) is 7.82. The van der Waals surface area contributed by atoms with Crippen LogP contribution in [0.1, 0.15) is 33.1 Å². The molecule has 0 spiro atoms. The lowest BCUT2D eigenvalue weighted by Crippen LogP contribution is -2.45. The summed E-state index contributed by atoms with van der Waals surface area (Å²) >= 11 is 0. The summed E-state index contributed by atoms with van der Waals surface area (Å²) in [5.74, 6) is 0.353. The number of hydrogen-bond donors (Lipinski definition) is 2. The number of halogens is 1. The molecular formula is C16H25ClN4O2. The van der Waals surface area contributed by atoms with Gasteiger partial charge in [-0.1, -0.05) is 13.8 Å². The van der Waals surface area contributed by atoms with Crippen LogP contribution in [0.15, 0.2) is 18.3 Å². The predicted molar refractivity (Wildman–Crippen MR) is 93.3 cm³/mol. The van der Waals surface area contributed by atoms with Gasteiger partial charge in [0.25, 0.3) is 0 Å². The molecule has 2 heterocycles. The molecule has 2 amide bonds. The number of piperidine rings is 1. The van der Waals surface area contributed by atoms with Gasteiger partial charge in [-0.3, -0.25) is 9.59 Å². The van der Waals surface area contributed by atoms with E-state index in [0.717, 1.165) is 25.8 Å². The van der Waals surface area contributed by atoms with Gasteiger partial charge in [-0.25, -0.2) is 4.98 Å². The molecule has 1 saturated heterocycles. The molecule has 2 unspecified atom stereocenters. The number of nitrogens with one attached hydrogen (secondary N) is 1. The van der Waals surface area contributed by atoms with Crippen molar-refractivity contribution in [2.24, 2.45) is 11.8 Å². The highest BCUT2D eigenvalue weighted by atomic mass is 35.5. The number of rotatable bonds is 4. The molecule has 6 nitrogen and oxygen atoms in total. The molecular weight excluding hydrogens is 316 g/mol. The second-order valence-electron chi connectivity index (χ2n) is 5.89. The third-order valence-electron chi connectivity index (χ3n) is 4.19. The highest BCUT2D eigenvalue weighted by Gasteiger charge is 2.29. The molecule has 1 fully saturated rings. The molecule has 7 heteroatoms. The van der Waals surface area contributed by atoms with Crippen molar-refractivity contribution in [3.8, 4) is 0 Å². The molecule has 128 valence electrons. The highest BCUT2D eigenvalue weighted by Crippen LogP contribution is 2.21. The van der Waals surface area contributed by atoms with E-state index in [1.54, 1.807) is 12.1 Å². The minimum atomic E-state index is -0.167. The van der Waals surface area contributed by atoms with Crippen LogP contribution < -0.4 is 11.1 Å². The van der Waals surface area contributed by atoms with E-state index in [0.29, 0.717) is 18.1 Å². The minimum absolute atomic E-state index is 0. The van der Waals surface area contributed by atoms with Crippen molar-refractivity contribution in [1.29, 1.82) is 0 Å². The first-order valence-corrected chi connectivity index (χ1v) is 7.82. The Kier molecular flexibility index (Phi) is 7.29. The SMILES string of the molecule is CCC(C)C(=O)N1CCCC(C(=O)Nc2ccc(N)nc2)C1.Cl. The lowest BCUT2D eigenvalue weighted by molar-refractivity contribution is -0.138. The van der Waals surface area contributed by atoms with Crippen molar-refractivity contribution in [3.05, 3.63) is 18.3 Å². The third kappa shape index (κ3) is 5.10. The number of nitrogen functional groups attached to an aromatic ring is 1. The number of anilines is 2. The molecule has 1 aliphatic rings. The molecule has 0 bridgehead atoms. The van der Waals surface area contributed by atoms with E-state index in [1.165, 1.54) is 6.20 Å². The average molecular weight is 341 g/mol. The second kappa shape index (κ2) is 8.72. The summed E-state index contributed by atoms with van der Waals surface area (Å²) in [6.07, 6.45) is 4.03. The molecule has 23 heavy (non-hydrogen) atoms.